The van der Waals surface area contributed by atoms with Crippen molar-refractivity contribution in [3.8, 4) is 0 Å². The van der Waals surface area contributed by atoms with E-state index in [1.165, 1.54) is 17.6 Å². The zero-order chi connectivity index (χ0) is 18.4. The molecule has 0 aliphatic rings. The van der Waals surface area contributed by atoms with Gasteiger partial charge in [-0.05, 0) is 36.2 Å². The van der Waals surface area contributed by atoms with E-state index in [1.54, 1.807) is 37.4 Å². The van der Waals surface area contributed by atoms with E-state index in [9.17, 15) is 13.2 Å². The van der Waals surface area contributed by atoms with E-state index < -0.39 is 9.84 Å². The van der Waals surface area contributed by atoms with Crippen LogP contribution in [0, 0.1) is 0 Å². The molecule has 1 N–H and O–H groups in total. The van der Waals surface area contributed by atoms with Crippen LogP contribution in [0.1, 0.15) is 23.0 Å². The Morgan fingerprint density at radius 3 is 2.44 bits per heavy atom. The minimum atomic E-state index is -3.20. The number of hydrogen-bond acceptors (Lipinski definition) is 5. The summed E-state index contributed by atoms with van der Waals surface area (Å²) in [6.07, 6.45) is 1.80. The standard InChI is InChI=1S/C17H20ClNO4S2/c1-23-14(15-8-9-16(18)24-15)11-19-17(20)10-5-12-3-6-13(7-4-12)25(2,21)22/h3-4,6-9,14H,5,10-11H2,1-2H3,(H,19,20). The van der Waals surface area contributed by atoms with E-state index in [-0.39, 0.29) is 16.9 Å². The summed E-state index contributed by atoms with van der Waals surface area (Å²) >= 11 is 7.34. The van der Waals surface area contributed by atoms with E-state index in [4.69, 9.17) is 16.3 Å². The number of ether oxygens (including phenoxy) is 1. The number of amides is 1. The first kappa shape index (κ1) is 19.9. The molecule has 1 amide bonds. The first-order chi connectivity index (χ1) is 11.8. The molecule has 1 heterocycles. The number of rotatable bonds is 8. The van der Waals surface area contributed by atoms with Crippen molar-refractivity contribution in [3.63, 3.8) is 0 Å². The molecule has 8 heteroatoms. The summed E-state index contributed by atoms with van der Waals surface area (Å²) in [5, 5.41) is 2.85. The Bertz CT molecular complexity index is 815. The molecule has 136 valence electrons. The van der Waals surface area contributed by atoms with Crippen LogP contribution >= 0.6 is 22.9 Å². The molecule has 5 nitrogen and oxygen atoms in total. The van der Waals surface area contributed by atoms with Crippen molar-refractivity contribution >= 4 is 38.7 Å². The van der Waals surface area contributed by atoms with Gasteiger partial charge in [-0.15, -0.1) is 11.3 Å². The van der Waals surface area contributed by atoms with Gasteiger partial charge in [0.25, 0.3) is 0 Å². The molecule has 2 aromatic rings. The van der Waals surface area contributed by atoms with Gasteiger partial charge in [0.05, 0.1) is 9.23 Å². The molecule has 0 spiro atoms. The van der Waals surface area contributed by atoms with Crippen LogP contribution in [-0.4, -0.2) is 34.2 Å². The van der Waals surface area contributed by atoms with Crippen molar-refractivity contribution < 1.29 is 17.9 Å². The first-order valence-electron chi connectivity index (χ1n) is 7.63. The van der Waals surface area contributed by atoms with E-state index in [2.05, 4.69) is 5.32 Å². The third-order valence-corrected chi connectivity index (χ3v) is 6.12. The lowest BCUT2D eigenvalue weighted by atomic mass is 10.1. The van der Waals surface area contributed by atoms with Gasteiger partial charge in [0.15, 0.2) is 9.84 Å². The molecule has 1 atom stereocenters. The Morgan fingerprint density at radius 1 is 1.24 bits per heavy atom. The lowest BCUT2D eigenvalue weighted by Crippen LogP contribution is -2.29. The first-order valence-corrected chi connectivity index (χ1v) is 10.7. The molecule has 0 bridgehead atoms. The maximum absolute atomic E-state index is 12.0. The highest BCUT2D eigenvalue weighted by molar-refractivity contribution is 7.90. The molecule has 0 aliphatic heterocycles. The van der Waals surface area contributed by atoms with Crippen LogP contribution in [-0.2, 0) is 25.8 Å². The molecule has 0 saturated heterocycles. The number of carbonyl (C=O) groups is 1. The average molecular weight is 402 g/mol. The molecular weight excluding hydrogens is 382 g/mol. The van der Waals surface area contributed by atoms with Crippen molar-refractivity contribution in [2.75, 3.05) is 19.9 Å². The predicted octanol–water partition coefficient (Wildman–Crippen LogP) is 3.24. The molecule has 2 rings (SSSR count). The second kappa shape index (κ2) is 8.80. The number of sulfone groups is 1. The Balaban J connectivity index is 1.82. The summed E-state index contributed by atoms with van der Waals surface area (Å²) < 4.78 is 28.9. The number of thiophene rings is 1. The Kier molecular flexibility index (Phi) is 7.01. The van der Waals surface area contributed by atoms with Crippen molar-refractivity contribution in [3.05, 3.63) is 51.2 Å². The second-order valence-electron chi connectivity index (χ2n) is 5.59. The van der Waals surface area contributed by atoms with Crippen LogP contribution in [0.5, 0.6) is 0 Å². The number of aryl methyl sites for hydroxylation is 1. The molecule has 0 radical (unpaired) electrons. The van der Waals surface area contributed by atoms with Crippen LogP contribution in [0.25, 0.3) is 0 Å². The highest BCUT2D eigenvalue weighted by Gasteiger charge is 2.14. The van der Waals surface area contributed by atoms with Crippen LogP contribution < -0.4 is 5.32 Å². The largest absolute Gasteiger partial charge is 0.374 e. The minimum Gasteiger partial charge on any atom is -0.374 e. The third kappa shape index (κ3) is 6.11. The van der Waals surface area contributed by atoms with Gasteiger partial charge in [0.1, 0.15) is 6.10 Å². The third-order valence-electron chi connectivity index (χ3n) is 3.67. The molecule has 25 heavy (non-hydrogen) atoms. The lowest BCUT2D eigenvalue weighted by Gasteiger charge is -2.14. The van der Waals surface area contributed by atoms with Gasteiger partial charge in [-0.1, -0.05) is 23.7 Å². The van der Waals surface area contributed by atoms with Gasteiger partial charge in [0.2, 0.25) is 5.91 Å². The number of benzene rings is 1. The average Bonchev–Trinajstić information content (AvgIpc) is 2.99. The van der Waals surface area contributed by atoms with Gasteiger partial charge >= 0.3 is 0 Å². The molecule has 0 aliphatic carbocycles. The van der Waals surface area contributed by atoms with Crippen LogP contribution in [0.3, 0.4) is 0 Å². The van der Waals surface area contributed by atoms with Crippen molar-refractivity contribution in [1.29, 1.82) is 0 Å². The maximum atomic E-state index is 12.0. The van der Waals surface area contributed by atoms with Gasteiger partial charge in [-0.25, -0.2) is 8.42 Å². The Labute approximate surface area is 156 Å². The van der Waals surface area contributed by atoms with Crippen LogP contribution in [0.4, 0.5) is 0 Å². The van der Waals surface area contributed by atoms with Crippen molar-refractivity contribution in [1.82, 2.24) is 5.32 Å². The number of methoxy groups -OCH3 is 1. The number of hydrogen-bond donors (Lipinski definition) is 1. The number of nitrogens with one attached hydrogen (secondary N) is 1. The maximum Gasteiger partial charge on any atom is 0.220 e. The van der Waals surface area contributed by atoms with Gasteiger partial charge in [-0.3, -0.25) is 4.79 Å². The molecule has 1 unspecified atom stereocenters. The molecule has 1 aromatic heterocycles. The lowest BCUT2D eigenvalue weighted by molar-refractivity contribution is -0.121. The fourth-order valence-electron chi connectivity index (χ4n) is 2.26. The summed E-state index contributed by atoms with van der Waals surface area (Å²) in [4.78, 5) is 13.3. The summed E-state index contributed by atoms with van der Waals surface area (Å²) in [5.41, 5.74) is 0.913. The predicted molar refractivity (Wildman–Crippen MR) is 100.0 cm³/mol. The van der Waals surface area contributed by atoms with E-state index >= 15 is 0 Å². The molecule has 1 aromatic carbocycles. The van der Waals surface area contributed by atoms with Crippen molar-refractivity contribution in [2.24, 2.45) is 0 Å². The highest BCUT2D eigenvalue weighted by Crippen LogP contribution is 2.28. The van der Waals surface area contributed by atoms with Crippen LogP contribution in [0.15, 0.2) is 41.3 Å². The van der Waals surface area contributed by atoms with Crippen molar-refractivity contribution in [2.45, 2.75) is 23.8 Å². The van der Waals surface area contributed by atoms with E-state index in [1.807, 2.05) is 6.07 Å². The van der Waals surface area contributed by atoms with Gasteiger partial charge < -0.3 is 10.1 Å². The minimum absolute atomic E-state index is 0.0862. The monoisotopic (exact) mass is 401 g/mol. The topological polar surface area (TPSA) is 72.5 Å². The summed E-state index contributed by atoms with van der Waals surface area (Å²) in [7, 11) is -1.61. The number of carbonyl (C=O) groups excluding carboxylic acids is 1. The quantitative estimate of drug-likeness (QED) is 0.737. The van der Waals surface area contributed by atoms with E-state index in [0.717, 1.165) is 10.4 Å². The Morgan fingerprint density at radius 2 is 1.92 bits per heavy atom. The van der Waals surface area contributed by atoms with Gasteiger partial charge in [-0.2, -0.15) is 0 Å². The number of halogens is 1. The normalized spacial score (nSPS) is 12.8. The summed E-state index contributed by atoms with van der Waals surface area (Å²) in [6.45, 7) is 0.374. The summed E-state index contributed by atoms with van der Waals surface area (Å²) in [5.74, 6) is -0.0862. The fraction of sp³-hybridized carbons (Fsp3) is 0.353. The summed E-state index contributed by atoms with van der Waals surface area (Å²) in [6, 6.07) is 10.3. The van der Waals surface area contributed by atoms with E-state index in [0.29, 0.717) is 23.7 Å². The molecule has 0 saturated carbocycles. The fourth-order valence-corrected chi connectivity index (χ4v) is 4.03. The van der Waals surface area contributed by atoms with Crippen LogP contribution in [0.2, 0.25) is 4.34 Å². The smallest absolute Gasteiger partial charge is 0.220 e. The molecule has 0 fully saturated rings. The molecular formula is C17H20ClNO4S2. The highest BCUT2D eigenvalue weighted by atomic mass is 35.5. The second-order valence-corrected chi connectivity index (χ2v) is 9.35. The zero-order valence-corrected chi connectivity index (χ0v) is 16.4. The Hall–Kier alpha value is -1.41. The SMILES string of the molecule is COC(CNC(=O)CCc1ccc(S(C)(=O)=O)cc1)c1ccc(Cl)s1. The zero-order valence-electron chi connectivity index (χ0n) is 14.0. The van der Waals surface area contributed by atoms with Gasteiger partial charge in [0, 0.05) is 31.2 Å².